The van der Waals surface area contributed by atoms with Crippen molar-refractivity contribution in [3.63, 3.8) is 0 Å². The molecule has 0 aliphatic carbocycles. The zero-order chi connectivity index (χ0) is 13.1. The standard InChI is InChI=1S/C15H20BrNO/c1-4-5-17-9-13-7-11-6-12(16)8-14(10(2)3)15(11)18-13/h6-8,10,17H,4-5,9H2,1-3H3. The average Bonchev–Trinajstić information content (AvgIpc) is 2.70. The summed E-state index contributed by atoms with van der Waals surface area (Å²) in [5.41, 5.74) is 2.29. The summed E-state index contributed by atoms with van der Waals surface area (Å²) in [6.45, 7) is 8.38. The van der Waals surface area contributed by atoms with Gasteiger partial charge in [0.05, 0.1) is 6.54 Å². The molecule has 3 heteroatoms. The molecule has 0 spiro atoms. The normalized spacial score (nSPS) is 11.6. The van der Waals surface area contributed by atoms with Crippen LogP contribution in [0.3, 0.4) is 0 Å². The van der Waals surface area contributed by atoms with Crippen LogP contribution in [0, 0.1) is 0 Å². The molecule has 1 aromatic carbocycles. The molecule has 2 aromatic rings. The SMILES string of the molecule is CCCNCc1cc2cc(Br)cc(C(C)C)c2o1. The van der Waals surface area contributed by atoms with E-state index in [-0.39, 0.29) is 0 Å². The number of halogens is 1. The maximum Gasteiger partial charge on any atom is 0.137 e. The first-order valence-electron chi connectivity index (χ1n) is 6.54. The molecule has 0 radical (unpaired) electrons. The molecule has 0 atom stereocenters. The number of benzene rings is 1. The highest BCUT2D eigenvalue weighted by atomic mass is 79.9. The van der Waals surface area contributed by atoms with Crippen LogP contribution in [-0.2, 0) is 6.54 Å². The number of nitrogens with one attached hydrogen (secondary N) is 1. The maximum absolute atomic E-state index is 5.98. The van der Waals surface area contributed by atoms with E-state index >= 15 is 0 Å². The van der Waals surface area contributed by atoms with Gasteiger partial charge in [-0.15, -0.1) is 0 Å². The van der Waals surface area contributed by atoms with Crippen molar-refractivity contribution in [2.75, 3.05) is 6.54 Å². The Morgan fingerprint density at radius 3 is 2.72 bits per heavy atom. The van der Waals surface area contributed by atoms with Gasteiger partial charge in [-0.05, 0) is 42.6 Å². The van der Waals surface area contributed by atoms with Crippen LogP contribution in [0.4, 0.5) is 0 Å². The van der Waals surface area contributed by atoms with Gasteiger partial charge >= 0.3 is 0 Å². The number of hydrogen-bond donors (Lipinski definition) is 1. The number of furan rings is 1. The highest BCUT2D eigenvalue weighted by Crippen LogP contribution is 2.31. The summed E-state index contributed by atoms with van der Waals surface area (Å²) in [5.74, 6) is 1.48. The zero-order valence-corrected chi connectivity index (χ0v) is 12.8. The number of fused-ring (bicyclic) bond motifs is 1. The van der Waals surface area contributed by atoms with E-state index in [4.69, 9.17) is 4.42 Å². The number of rotatable bonds is 5. The fraction of sp³-hybridized carbons (Fsp3) is 0.467. The smallest absolute Gasteiger partial charge is 0.137 e. The average molecular weight is 310 g/mol. The van der Waals surface area contributed by atoms with Gasteiger partial charge in [0.25, 0.3) is 0 Å². The first-order valence-corrected chi connectivity index (χ1v) is 7.33. The highest BCUT2D eigenvalue weighted by Gasteiger charge is 2.12. The summed E-state index contributed by atoms with van der Waals surface area (Å²) in [6.07, 6.45) is 1.14. The van der Waals surface area contributed by atoms with Crippen molar-refractivity contribution in [3.05, 3.63) is 34.0 Å². The van der Waals surface area contributed by atoms with E-state index in [0.717, 1.165) is 35.3 Å². The van der Waals surface area contributed by atoms with Crippen molar-refractivity contribution in [1.82, 2.24) is 5.32 Å². The quantitative estimate of drug-likeness (QED) is 0.801. The van der Waals surface area contributed by atoms with E-state index < -0.39 is 0 Å². The Hall–Kier alpha value is -0.800. The topological polar surface area (TPSA) is 25.2 Å². The third kappa shape index (κ3) is 2.96. The van der Waals surface area contributed by atoms with Crippen LogP contribution in [0.5, 0.6) is 0 Å². The predicted molar refractivity (Wildman–Crippen MR) is 80.0 cm³/mol. The molecule has 0 fully saturated rings. The second-order valence-electron chi connectivity index (χ2n) is 4.96. The van der Waals surface area contributed by atoms with Gasteiger partial charge in [-0.2, -0.15) is 0 Å². The van der Waals surface area contributed by atoms with Gasteiger partial charge in [0.2, 0.25) is 0 Å². The lowest BCUT2D eigenvalue weighted by molar-refractivity contribution is 0.510. The third-order valence-electron chi connectivity index (χ3n) is 3.01. The van der Waals surface area contributed by atoms with Crippen molar-refractivity contribution in [2.24, 2.45) is 0 Å². The summed E-state index contributed by atoms with van der Waals surface area (Å²) in [5, 5.41) is 4.55. The van der Waals surface area contributed by atoms with E-state index in [0.29, 0.717) is 5.92 Å². The van der Waals surface area contributed by atoms with Crippen LogP contribution < -0.4 is 5.32 Å². The monoisotopic (exact) mass is 309 g/mol. The molecule has 0 saturated carbocycles. The summed E-state index contributed by atoms with van der Waals surface area (Å²) in [4.78, 5) is 0. The van der Waals surface area contributed by atoms with Gasteiger partial charge in [0.15, 0.2) is 0 Å². The van der Waals surface area contributed by atoms with E-state index in [1.165, 1.54) is 10.9 Å². The molecular formula is C15H20BrNO. The van der Waals surface area contributed by atoms with Gasteiger partial charge in [0, 0.05) is 9.86 Å². The fourth-order valence-electron chi connectivity index (χ4n) is 2.10. The van der Waals surface area contributed by atoms with Crippen LogP contribution in [0.2, 0.25) is 0 Å². The molecule has 0 aliphatic heterocycles. The summed E-state index contributed by atoms with van der Waals surface area (Å²) in [7, 11) is 0. The van der Waals surface area contributed by atoms with Crippen molar-refractivity contribution in [3.8, 4) is 0 Å². The summed E-state index contributed by atoms with van der Waals surface area (Å²) in [6, 6.07) is 6.41. The van der Waals surface area contributed by atoms with Crippen LogP contribution in [0.15, 0.2) is 27.1 Å². The molecule has 18 heavy (non-hydrogen) atoms. The van der Waals surface area contributed by atoms with Crippen molar-refractivity contribution >= 4 is 26.9 Å². The lowest BCUT2D eigenvalue weighted by atomic mass is 10.0. The van der Waals surface area contributed by atoms with Crippen molar-refractivity contribution in [2.45, 2.75) is 39.7 Å². The molecule has 1 heterocycles. The Morgan fingerprint density at radius 2 is 2.06 bits per heavy atom. The molecule has 1 N–H and O–H groups in total. The second-order valence-corrected chi connectivity index (χ2v) is 5.87. The number of hydrogen-bond acceptors (Lipinski definition) is 2. The molecule has 0 unspecified atom stereocenters. The lowest BCUT2D eigenvalue weighted by Crippen LogP contribution is -2.12. The largest absolute Gasteiger partial charge is 0.459 e. The van der Waals surface area contributed by atoms with Crippen molar-refractivity contribution < 1.29 is 4.42 Å². The zero-order valence-electron chi connectivity index (χ0n) is 11.2. The van der Waals surface area contributed by atoms with E-state index in [2.05, 4.69) is 60.2 Å². The Morgan fingerprint density at radius 1 is 1.28 bits per heavy atom. The molecule has 0 bridgehead atoms. The Labute approximate surface area is 117 Å². The molecule has 98 valence electrons. The molecule has 2 rings (SSSR count). The Bertz CT molecular complexity index is 531. The van der Waals surface area contributed by atoms with E-state index in [9.17, 15) is 0 Å². The van der Waals surface area contributed by atoms with Crippen LogP contribution in [0.1, 0.15) is 44.4 Å². The molecule has 1 aromatic heterocycles. The Kier molecular flexibility index (Phi) is 4.46. The van der Waals surface area contributed by atoms with Gasteiger partial charge in [0.1, 0.15) is 11.3 Å². The lowest BCUT2D eigenvalue weighted by Gasteiger charge is -2.06. The minimum Gasteiger partial charge on any atom is -0.459 e. The Balaban J connectivity index is 2.34. The van der Waals surface area contributed by atoms with Crippen LogP contribution in [0.25, 0.3) is 11.0 Å². The first-order chi connectivity index (χ1) is 8.61. The minimum absolute atomic E-state index is 0.465. The maximum atomic E-state index is 5.98. The molecule has 0 saturated heterocycles. The molecular weight excluding hydrogens is 290 g/mol. The van der Waals surface area contributed by atoms with E-state index in [1.54, 1.807) is 0 Å². The van der Waals surface area contributed by atoms with Crippen molar-refractivity contribution in [1.29, 1.82) is 0 Å². The van der Waals surface area contributed by atoms with E-state index in [1.807, 2.05) is 0 Å². The summed E-state index contributed by atoms with van der Waals surface area (Å²) < 4.78 is 7.10. The predicted octanol–water partition coefficient (Wildman–Crippen LogP) is 4.82. The fourth-order valence-corrected chi connectivity index (χ4v) is 2.59. The first kappa shape index (κ1) is 13.6. The molecule has 0 amide bonds. The summed E-state index contributed by atoms with van der Waals surface area (Å²) >= 11 is 3.57. The van der Waals surface area contributed by atoms with Gasteiger partial charge < -0.3 is 9.73 Å². The minimum atomic E-state index is 0.465. The van der Waals surface area contributed by atoms with Gasteiger partial charge in [-0.1, -0.05) is 36.7 Å². The highest BCUT2D eigenvalue weighted by molar-refractivity contribution is 9.10. The van der Waals surface area contributed by atoms with Gasteiger partial charge in [-0.25, -0.2) is 0 Å². The second kappa shape index (κ2) is 5.89. The molecule has 0 aliphatic rings. The molecule has 2 nitrogen and oxygen atoms in total. The van der Waals surface area contributed by atoms with Crippen LogP contribution in [-0.4, -0.2) is 6.54 Å². The van der Waals surface area contributed by atoms with Crippen LogP contribution >= 0.6 is 15.9 Å². The third-order valence-corrected chi connectivity index (χ3v) is 3.47. The van der Waals surface area contributed by atoms with Gasteiger partial charge in [-0.3, -0.25) is 0 Å².